The Morgan fingerprint density at radius 2 is 1.81 bits per heavy atom. The molecule has 1 aromatic heterocycles. The van der Waals surface area contributed by atoms with Crippen LogP contribution < -0.4 is 4.74 Å². The van der Waals surface area contributed by atoms with Crippen molar-refractivity contribution in [2.45, 2.75) is 13.8 Å². The molecular formula is C13H12BrNO. The number of rotatable bonds is 2. The van der Waals surface area contributed by atoms with Gasteiger partial charge in [0.05, 0.1) is 6.20 Å². The number of ether oxygens (including phenoxy) is 1. The lowest BCUT2D eigenvalue weighted by Gasteiger charge is -2.07. The smallest absolute Gasteiger partial charge is 0.146 e. The van der Waals surface area contributed by atoms with Crippen molar-refractivity contribution in [3.63, 3.8) is 0 Å². The molecule has 82 valence electrons. The molecule has 1 aromatic carbocycles. The highest BCUT2D eigenvalue weighted by molar-refractivity contribution is 9.10. The second kappa shape index (κ2) is 4.66. The topological polar surface area (TPSA) is 22.1 Å². The van der Waals surface area contributed by atoms with Crippen LogP contribution in [0.1, 0.15) is 11.1 Å². The summed E-state index contributed by atoms with van der Waals surface area (Å²) >= 11 is 3.36. The Kier molecular flexibility index (Phi) is 3.25. The molecule has 0 aliphatic carbocycles. The lowest BCUT2D eigenvalue weighted by Crippen LogP contribution is -1.87. The Balaban J connectivity index is 2.24. The molecule has 0 atom stereocenters. The molecule has 0 radical (unpaired) electrons. The molecule has 1 heterocycles. The van der Waals surface area contributed by atoms with Gasteiger partial charge in [-0.05, 0) is 59.1 Å². The van der Waals surface area contributed by atoms with Crippen LogP contribution >= 0.6 is 15.9 Å². The van der Waals surface area contributed by atoms with Gasteiger partial charge in [0.1, 0.15) is 11.5 Å². The molecule has 0 saturated heterocycles. The molecule has 2 rings (SSSR count). The van der Waals surface area contributed by atoms with Crippen LogP contribution in [0.4, 0.5) is 0 Å². The molecule has 0 aliphatic heterocycles. The van der Waals surface area contributed by atoms with Gasteiger partial charge in [-0.1, -0.05) is 6.07 Å². The summed E-state index contributed by atoms with van der Waals surface area (Å²) in [6.07, 6.45) is 3.42. The Hall–Kier alpha value is -1.35. The summed E-state index contributed by atoms with van der Waals surface area (Å²) in [4.78, 5) is 4.05. The summed E-state index contributed by atoms with van der Waals surface area (Å²) in [7, 11) is 0. The predicted octanol–water partition coefficient (Wildman–Crippen LogP) is 4.25. The minimum absolute atomic E-state index is 0.734. The van der Waals surface area contributed by atoms with E-state index >= 15 is 0 Å². The molecular weight excluding hydrogens is 266 g/mol. The van der Waals surface area contributed by atoms with Gasteiger partial charge in [-0.15, -0.1) is 0 Å². The fourth-order valence-corrected chi connectivity index (χ4v) is 1.71. The maximum atomic E-state index is 5.70. The van der Waals surface area contributed by atoms with Crippen LogP contribution in [0.15, 0.2) is 41.1 Å². The number of hydrogen-bond acceptors (Lipinski definition) is 2. The number of pyridine rings is 1. The number of aryl methyl sites for hydroxylation is 2. The molecule has 2 nitrogen and oxygen atoms in total. The summed E-state index contributed by atoms with van der Waals surface area (Å²) in [5.74, 6) is 1.57. The first-order valence-corrected chi connectivity index (χ1v) is 5.80. The Morgan fingerprint density at radius 3 is 2.50 bits per heavy atom. The van der Waals surface area contributed by atoms with Crippen molar-refractivity contribution < 1.29 is 4.74 Å². The van der Waals surface area contributed by atoms with Crippen LogP contribution in [0, 0.1) is 13.8 Å². The second-order valence-electron chi connectivity index (χ2n) is 3.69. The van der Waals surface area contributed by atoms with Crippen molar-refractivity contribution in [2.24, 2.45) is 0 Å². The van der Waals surface area contributed by atoms with Crippen molar-refractivity contribution in [1.29, 1.82) is 0 Å². The first-order valence-electron chi connectivity index (χ1n) is 5.01. The first kappa shape index (κ1) is 11.1. The summed E-state index contributed by atoms with van der Waals surface area (Å²) in [5, 5.41) is 0. The number of aromatic nitrogens is 1. The minimum Gasteiger partial charge on any atom is -0.456 e. The van der Waals surface area contributed by atoms with Gasteiger partial charge in [-0.2, -0.15) is 0 Å². The molecule has 16 heavy (non-hydrogen) atoms. The van der Waals surface area contributed by atoms with Gasteiger partial charge in [-0.25, -0.2) is 0 Å². The van der Waals surface area contributed by atoms with E-state index in [1.54, 1.807) is 12.4 Å². The van der Waals surface area contributed by atoms with Gasteiger partial charge in [0.2, 0.25) is 0 Å². The molecule has 0 bridgehead atoms. The number of benzene rings is 1. The zero-order chi connectivity index (χ0) is 11.5. The van der Waals surface area contributed by atoms with E-state index in [1.165, 1.54) is 11.1 Å². The van der Waals surface area contributed by atoms with E-state index < -0.39 is 0 Å². The largest absolute Gasteiger partial charge is 0.456 e. The average Bonchev–Trinajstić information content (AvgIpc) is 2.24. The maximum Gasteiger partial charge on any atom is 0.146 e. The fourth-order valence-electron chi connectivity index (χ4n) is 1.36. The highest BCUT2D eigenvalue weighted by Gasteiger charge is 2.00. The van der Waals surface area contributed by atoms with E-state index in [0.29, 0.717) is 0 Å². The van der Waals surface area contributed by atoms with Gasteiger partial charge < -0.3 is 4.74 Å². The molecule has 0 N–H and O–H groups in total. The van der Waals surface area contributed by atoms with E-state index in [1.807, 2.05) is 18.2 Å². The van der Waals surface area contributed by atoms with Crippen LogP contribution in [0.25, 0.3) is 0 Å². The van der Waals surface area contributed by atoms with Crippen molar-refractivity contribution >= 4 is 15.9 Å². The van der Waals surface area contributed by atoms with Crippen LogP contribution in [0.2, 0.25) is 0 Å². The minimum atomic E-state index is 0.734. The van der Waals surface area contributed by atoms with Crippen molar-refractivity contribution in [3.05, 3.63) is 52.3 Å². The third kappa shape index (κ3) is 2.61. The summed E-state index contributed by atoms with van der Waals surface area (Å²) in [5.41, 5.74) is 2.49. The van der Waals surface area contributed by atoms with Crippen molar-refractivity contribution in [3.8, 4) is 11.5 Å². The molecule has 0 spiro atoms. The summed E-state index contributed by atoms with van der Waals surface area (Å²) in [6, 6.07) is 7.93. The molecule has 2 aromatic rings. The number of halogens is 1. The van der Waals surface area contributed by atoms with Gasteiger partial charge in [0.25, 0.3) is 0 Å². The van der Waals surface area contributed by atoms with Crippen molar-refractivity contribution in [2.75, 3.05) is 0 Å². The van der Waals surface area contributed by atoms with E-state index in [9.17, 15) is 0 Å². The standard InChI is InChI=1S/C13H12BrNO/c1-9-3-4-12(5-10(9)2)16-13-6-11(14)7-15-8-13/h3-8H,1-2H3. The Labute approximate surface area is 103 Å². The monoisotopic (exact) mass is 277 g/mol. The molecule has 0 saturated carbocycles. The molecule has 3 heteroatoms. The van der Waals surface area contributed by atoms with Crippen LogP contribution in [0.5, 0.6) is 11.5 Å². The van der Waals surface area contributed by atoms with E-state index in [4.69, 9.17) is 4.74 Å². The Bertz CT molecular complexity index is 511. The van der Waals surface area contributed by atoms with E-state index in [0.717, 1.165) is 16.0 Å². The van der Waals surface area contributed by atoms with Crippen LogP contribution in [0.3, 0.4) is 0 Å². The van der Waals surface area contributed by atoms with Gasteiger partial charge in [0, 0.05) is 10.7 Å². The van der Waals surface area contributed by atoms with E-state index in [-0.39, 0.29) is 0 Å². The number of hydrogen-bond donors (Lipinski definition) is 0. The molecule has 0 aliphatic rings. The number of nitrogens with zero attached hydrogens (tertiary/aromatic N) is 1. The van der Waals surface area contributed by atoms with Gasteiger partial charge >= 0.3 is 0 Å². The molecule has 0 amide bonds. The summed E-state index contributed by atoms with van der Waals surface area (Å²) < 4.78 is 6.61. The molecule has 0 unspecified atom stereocenters. The third-order valence-electron chi connectivity index (χ3n) is 2.39. The molecule has 0 fully saturated rings. The quantitative estimate of drug-likeness (QED) is 0.819. The second-order valence-corrected chi connectivity index (χ2v) is 4.60. The van der Waals surface area contributed by atoms with Crippen molar-refractivity contribution in [1.82, 2.24) is 4.98 Å². The highest BCUT2D eigenvalue weighted by Crippen LogP contribution is 2.24. The van der Waals surface area contributed by atoms with Gasteiger partial charge in [-0.3, -0.25) is 4.98 Å². The fraction of sp³-hybridized carbons (Fsp3) is 0.154. The Morgan fingerprint density at radius 1 is 1.00 bits per heavy atom. The van der Waals surface area contributed by atoms with Crippen LogP contribution in [-0.4, -0.2) is 4.98 Å². The average molecular weight is 278 g/mol. The zero-order valence-corrected chi connectivity index (χ0v) is 10.8. The normalized spacial score (nSPS) is 10.2. The van der Waals surface area contributed by atoms with E-state index in [2.05, 4.69) is 40.8 Å². The predicted molar refractivity (Wildman–Crippen MR) is 67.9 cm³/mol. The zero-order valence-electron chi connectivity index (χ0n) is 9.20. The lowest BCUT2D eigenvalue weighted by atomic mass is 10.1. The maximum absolute atomic E-state index is 5.70. The first-order chi connectivity index (χ1) is 7.65. The van der Waals surface area contributed by atoms with Gasteiger partial charge in [0.15, 0.2) is 0 Å². The third-order valence-corrected chi connectivity index (χ3v) is 2.83. The summed E-state index contributed by atoms with van der Waals surface area (Å²) in [6.45, 7) is 4.15. The lowest BCUT2D eigenvalue weighted by molar-refractivity contribution is 0.479. The van der Waals surface area contributed by atoms with Crippen LogP contribution in [-0.2, 0) is 0 Å². The SMILES string of the molecule is Cc1ccc(Oc2cncc(Br)c2)cc1C. The highest BCUT2D eigenvalue weighted by atomic mass is 79.9.